The van der Waals surface area contributed by atoms with E-state index in [1.165, 1.54) is 31.3 Å². The molecule has 0 unspecified atom stereocenters. The van der Waals surface area contributed by atoms with Crippen LogP contribution in [-0.2, 0) is 16.0 Å². The highest BCUT2D eigenvalue weighted by atomic mass is 32.1. The summed E-state index contributed by atoms with van der Waals surface area (Å²) in [6.07, 6.45) is 12.7. The largest absolute Gasteiger partial charge is 0.351 e. The molecule has 4 rings (SSSR count). The third-order valence-corrected chi connectivity index (χ3v) is 8.16. The second-order valence-corrected chi connectivity index (χ2v) is 10.6. The van der Waals surface area contributed by atoms with Crippen molar-refractivity contribution in [1.29, 1.82) is 0 Å². The Morgan fingerprint density at radius 1 is 1.06 bits per heavy atom. The number of amides is 2. The third kappa shape index (κ3) is 6.07. The number of allylic oxidation sites excluding steroid dienone is 1. The summed E-state index contributed by atoms with van der Waals surface area (Å²) in [5.74, 6) is 0.0188. The summed E-state index contributed by atoms with van der Waals surface area (Å²) in [6, 6.07) is 7.65. The molecule has 0 radical (unpaired) electrons. The van der Waals surface area contributed by atoms with E-state index in [4.69, 9.17) is 0 Å². The van der Waals surface area contributed by atoms with Gasteiger partial charge in [0, 0.05) is 22.3 Å². The molecular weight excluding hydrogens is 424 g/mol. The van der Waals surface area contributed by atoms with Crippen molar-refractivity contribution in [2.45, 2.75) is 76.3 Å². The molecule has 0 aromatic carbocycles. The molecule has 31 heavy (non-hydrogen) atoms. The second kappa shape index (κ2) is 11.1. The van der Waals surface area contributed by atoms with Crippen LogP contribution in [0.2, 0.25) is 0 Å². The standard InChI is InChI=1S/C25H32N2O2S2/c28-23(18-21-12-6-16-30-21)27(15-14-19-8-2-1-3-9-19)24(22-13-7-17-31-22)25(29)26-20-10-4-5-11-20/h6-8,12-13,16-17,20,24H,1-5,9-11,14-15,18H2,(H,26,29)/t24-/m0/s1. The van der Waals surface area contributed by atoms with Gasteiger partial charge < -0.3 is 10.2 Å². The van der Waals surface area contributed by atoms with Crippen LogP contribution in [0, 0.1) is 0 Å². The summed E-state index contributed by atoms with van der Waals surface area (Å²) in [5, 5.41) is 7.26. The SMILES string of the molecule is O=C(NC1CCCC1)[C@H](c1cccs1)N(CCC1=CCCCC1)C(=O)Cc1cccs1. The molecule has 0 bridgehead atoms. The van der Waals surface area contributed by atoms with E-state index in [1.54, 1.807) is 22.7 Å². The van der Waals surface area contributed by atoms with E-state index < -0.39 is 6.04 Å². The van der Waals surface area contributed by atoms with Gasteiger partial charge in [-0.1, -0.05) is 36.6 Å². The summed E-state index contributed by atoms with van der Waals surface area (Å²) >= 11 is 3.17. The molecule has 166 valence electrons. The highest BCUT2D eigenvalue weighted by Gasteiger charge is 2.33. The molecule has 1 N–H and O–H groups in total. The van der Waals surface area contributed by atoms with Crippen molar-refractivity contribution in [3.8, 4) is 0 Å². The van der Waals surface area contributed by atoms with Gasteiger partial charge >= 0.3 is 0 Å². The van der Waals surface area contributed by atoms with Crippen molar-refractivity contribution in [3.05, 3.63) is 56.4 Å². The van der Waals surface area contributed by atoms with Crippen molar-refractivity contribution in [3.63, 3.8) is 0 Å². The molecule has 0 saturated heterocycles. The number of carbonyl (C=O) groups excluding carboxylic acids is 2. The normalized spacial score (nSPS) is 17.9. The van der Waals surface area contributed by atoms with Crippen LogP contribution in [0.1, 0.15) is 73.6 Å². The number of carbonyl (C=O) groups is 2. The fraction of sp³-hybridized carbons (Fsp3) is 0.520. The van der Waals surface area contributed by atoms with Crippen LogP contribution in [0.5, 0.6) is 0 Å². The molecule has 1 fully saturated rings. The first-order valence-electron chi connectivity index (χ1n) is 11.5. The maximum Gasteiger partial charge on any atom is 0.248 e. The molecule has 6 heteroatoms. The van der Waals surface area contributed by atoms with Crippen molar-refractivity contribution in [2.24, 2.45) is 0 Å². The first-order valence-corrected chi connectivity index (χ1v) is 13.3. The Balaban J connectivity index is 1.56. The Labute approximate surface area is 193 Å². The lowest BCUT2D eigenvalue weighted by Crippen LogP contribution is -2.46. The van der Waals surface area contributed by atoms with E-state index in [1.807, 2.05) is 39.9 Å². The minimum absolute atomic E-state index is 0.0218. The van der Waals surface area contributed by atoms with E-state index in [-0.39, 0.29) is 17.9 Å². The van der Waals surface area contributed by atoms with Crippen LogP contribution >= 0.6 is 22.7 Å². The number of hydrogen-bond donors (Lipinski definition) is 1. The molecule has 2 aliphatic rings. The Hall–Kier alpha value is -1.92. The van der Waals surface area contributed by atoms with Gasteiger partial charge in [0.1, 0.15) is 6.04 Å². The summed E-state index contributed by atoms with van der Waals surface area (Å²) in [4.78, 5) is 30.8. The first kappa shape index (κ1) is 22.3. The zero-order chi connectivity index (χ0) is 21.5. The minimum atomic E-state index is -0.544. The first-order chi connectivity index (χ1) is 15.2. The average molecular weight is 457 g/mol. The number of nitrogens with one attached hydrogen (secondary N) is 1. The minimum Gasteiger partial charge on any atom is -0.351 e. The van der Waals surface area contributed by atoms with Gasteiger partial charge in [-0.25, -0.2) is 0 Å². The average Bonchev–Trinajstić information content (AvgIpc) is 3.55. The maximum atomic E-state index is 13.5. The molecular formula is C25H32N2O2S2. The zero-order valence-corrected chi connectivity index (χ0v) is 19.7. The van der Waals surface area contributed by atoms with Crippen molar-refractivity contribution < 1.29 is 9.59 Å². The topological polar surface area (TPSA) is 49.4 Å². The van der Waals surface area contributed by atoms with Crippen LogP contribution < -0.4 is 5.32 Å². The lowest BCUT2D eigenvalue weighted by atomic mass is 9.96. The Morgan fingerprint density at radius 2 is 1.87 bits per heavy atom. The van der Waals surface area contributed by atoms with Crippen molar-refractivity contribution in [1.82, 2.24) is 10.2 Å². The Kier molecular flexibility index (Phi) is 7.97. The lowest BCUT2D eigenvalue weighted by Gasteiger charge is -2.32. The summed E-state index contributed by atoms with van der Waals surface area (Å²) in [6.45, 7) is 0.594. The van der Waals surface area contributed by atoms with E-state index in [2.05, 4.69) is 11.4 Å². The highest BCUT2D eigenvalue weighted by molar-refractivity contribution is 7.10. The van der Waals surface area contributed by atoms with Crippen LogP contribution in [0.25, 0.3) is 0 Å². The number of hydrogen-bond acceptors (Lipinski definition) is 4. The van der Waals surface area contributed by atoms with Gasteiger partial charge in [0.2, 0.25) is 11.8 Å². The zero-order valence-electron chi connectivity index (χ0n) is 18.1. The smallest absolute Gasteiger partial charge is 0.248 e. The van der Waals surface area contributed by atoms with Gasteiger partial charge in [-0.2, -0.15) is 0 Å². The molecule has 0 spiro atoms. The summed E-state index contributed by atoms with van der Waals surface area (Å²) < 4.78 is 0. The monoisotopic (exact) mass is 456 g/mol. The fourth-order valence-electron chi connectivity index (χ4n) is 4.68. The van der Waals surface area contributed by atoms with Crippen LogP contribution in [0.4, 0.5) is 0 Å². The van der Waals surface area contributed by atoms with Gasteiger partial charge in [-0.05, 0) is 67.8 Å². The quantitative estimate of drug-likeness (QED) is 0.480. The predicted molar refractivity (Wildman–Crippen MR) is 128 cm³/mol. The van der Waals surface area contributed by atoms with Gasteiger partial charge in [0.25, 0.3) is 0 Å². The summed E-state index contributed by atoms with van der Waals surface area (Å²) in [5.41, 5.74) is 1.43. The van der Waals surface area contributed by atoms with Gasteiger partial charge in [0.05, 0.1) is 6.42 Å². The van der Waals surface area contributed by atoms with Crippen molar-refractivity contribution >= 4 is 34.5 Å². The van der Waals surface area contributed by atoms with E-state index in [0.29, 0.717) is 13.0 Å². The highest BCUT2D eigenvalue weighted by Crippen LogP contribution is 2.30. The molecule has 2 aromatic heterocycles. The van der Waals surface area contributed by atoms with Gasteiger partial charge in [0.15, 0.2) is 0 Å². The van der Waals surface area contributed by atoms with E-state index in [9.17, 15) is 9.59 Å². The van der Waals surface area contributed by atoms with Gasteiger partial charge in [-0.15, -0.1) is 22.7 Å². The molecule has 0 aliphatic heterocycles. The predicted octanol–water partition coefficient (Wildman–Crippen LogP) is 5.87. The number of nitrogens with zero attached hydrogens (tertiary/aromatic N) is 1. The molecule has 4 nitrogen and oxygen atoms in total. The molecule has 2 aliphatic carbocycles. The molecule has 2 amide bonds. The number of thiophene rings is 2. The fourth-order valence-corrected chi connectivity index (χ4v) is 6.21. The Morgan fingerprint density at radius 3 is 2.55 bits per heavy atom. The third-order valence-electron chi connectivity index (χ3n) is 6.36. The van der Waals surface area contributed by atoms with Crippen LogP contribution in [0.15, 0.2) is 46.7 Å². The second-order valence-electron chi connectivity index (χ2n) is 8.61. The van der Waals surface area contributed by atoms with Crippen molar-refractivity contribution in [2.75, 3.05) is 6.54 Å². The van der Waals surface area contributed by atoms with Crippen LogP contribution in [-0.4, -0.2) is 29.3 Å². The number of rotatable bonds is 9. The Bertz CT molecular complexity index is 867. The lowest BCUT2D eigenvalue weighted by molar-refractivity contribution is -0.140. The molecule has 1 atom stereocenters. The van der Waals surface area contributed by atoms with E-state index >= 15 is 0 Å². The molecule has 1 saturated carbocycles. The molecule has 2 aromatic rings. The van der Waals surface area contributed by atoms with Gasteiger partial charge in [-0.3, -0.25) is 9.59 Å². The summed E-state index contributed by atoms with van der Waals surface area (Å²) in [7, 11) is 0. The van der Waals surface area contributed by atoms with Crippen LogP contribution in [0.3, 0.4) is 0 Å². The maximum absolute atomic E-state index is 13.5. The molecule has 2 heterocycles. The van der Waals surface area contributed by atoms with E-state index in [0.717, 1.165) is 41.9 Å².